The summed E-state index contributed by atoms with van der Waals surface area (Å²) in [6.45, 7) is 4.28. The molecule has 0 spiro atoms. The van der Waals surface area contributed by atoms with Gasteiger partial charge in [0.1, 0.15) is 0 Å². The second-order valence-electron chi connectivity index (χ2n) is 13.2. The average Bonchev–Trinajstić information content (AvgIpc) is 3.42. The molecule has 4 unspecified atom stereocenters. The van der Waals surface area contributed by atoms with Gasteiger partial charge in [-0.05, 0) is 12.8 Å². The van der Waals surface area contributed by atoms with Crippen LogP contribution in [0, 0.1) is 35.5 Å². The topological polar surface area (TPSA) is 161 Å². The van der Waals surface area contributed by atoms with E-state index in [-0.39, 0.29) is 11.5 Å². The first-order chi connectivity index (χ1) is 21.9. The summed E-state index contributed by atoms with van der Waals surface area (Å²) in [4.78, 5) is 53.6. The number of rotatable bonds is 22. The molecule has 4 atom stereocenters. The van der Waals surface area contributed by atoms with E-state index >= 15 is 0 Å². The fraction of sp³-hybridized carbons (Fsp3) is 0.812. The maximum atomic E-state index is 13.4. The molecule has 0 N–H and O–H groups in total. The van der Waals surface area contributed by atoms with Crippen molar-refractivity contribution in [1.82, 2.24) is 10.1 Å². The van der Waals surface area contributed by atoms with Gasteiger partial charge in [0.2, 0.25) is 0 Å². The van der Waals surface area contributed by atoms with Crippen LogP contribution in [0.15, 0.2) is 12.2 Å². The number of amides is 4. The van der Waals surface area contributed by atoms with Gasteiger partial charge in [-0.2, -0.15) is 16.8 Å². The van der Waals surface area contributed by atoms with Gasteiger partial charge in [-0.3, -0.25) is 19.2 Å². The fourth-order valence-electron chi connectivity index (χ4n) is 7.45. The SMILES string of the molecule is CCCCCCCCCCS(=O)(=O)ON1C(=O)C2C3C=CC(C2C1=O)C1C(=O)N(OS(=O)(=O)CCCCCCCCCC)C(=O)C31. The number of nitrogens with zero attached hydrogens (tertiary/aromatic N) is 2. The van der Waals surface area contributed by atoms with Gasteiger partial charge >= 0.3 is 0 Å². The number of unbranched alkanes of at least 4 members (excludes halogenated alkanes) is 14. The van der Waals surface area contributed by atoms with Gasteiger partial charge in [-0.15, -0.1) is 18.7 Å². The number of carbonyl (C=O) groups is 4. The Bertz CT molecular complexity index is 1220. The number of hydrogen-bond donors (Lipinski definition) is 0. The molecule has 4 amide bonds. The zero-order chi connectivity index (χ0) is 33.5. The van der Waals surface area contributed by atoms with Crippen LogP contribution in [-0.4, -0.2) is 62.1 Å². The van der Waals surface area contributed by atoms with Crippen molar-refractivity contribution in [3.63, 3.8) is 0 Å². The highest BCUT2D eigenvalue weighted by Crippen LogP contribution is 2.58. The molecule has 0 radical (unpaired) electrons. The van der Waals surface area contributed by atoms with Crippen molar-refractivity contribution in [2.45, 2.75) is 117 Å². The molecule has 5 rings (SSSR count). The molecule has 2 bridgehead atoms. The molecule has 3 fully saturated rings. The van der Waals surface area contributed by atoms with Gasteiger partial charge in [0.15, 0.2) is 0 Å². The Balaban J connectivity index is 1.32. The van der Waals surface area contributed by atoms with Gasteiger partial charge in [0.05, 0.1) is 35.2 Å². The zero-order valence-electron chi connectivity index (χ0n) is 27.1. The van der Waals surface area contributed by atoms with E-state index in [1.54, 1.807) is 12.2 Å². The molecule has 260 valence electrons. The molecule has 3 aliphatic carbocycles. The van der Waals surface area contributed by atoms with Crippen LogP contribution in [0.2, 0.25) is 0 Å². The van der Waals surface area contributed by atoms with Crippen molar-refractivity contribution in [1.29, 1.82) is 0 Å². The first kappa shape index (κ1) is 36.7. The van der Waals surface area contributed by atoms with E-state index in [0.29, 0.717) is 35.8 Å². The lowest BCUT2D eigenvalue weighted by molar-refractivity contribution is -0.166. The molecule has 2 heterocycles. The zero-order valence-corrected chi connectivity index (χ0v) is 28.8. The standard InChI is InChI=1S/C32H50N2O10S2/c1-3-5-7-9-11-13-15-17-21-45(39,40)43-33-29(35)25-23-19-20-24(26(25)30(33)36)28-27(23)31(37)34(32(28)38)44-46(41,42)22-18-16-14-12-10-8-6-4-2/h19-20,23-28H,3-18,21-22H2,1-2H3. The first-order valence-electron chi connectivity index (χ1n) is 17.2. The molecule has 0 aromatic heterocycles. The first-order valence-corrected chi connectivity index (χ1v) is 20.4. The van der Waals surface area contributed by atoms with Crippen LogP contribution in [0.25, 0.3) is 0 Å². The van der Waals surface area contributed by atoms with Crippen molar-refractivity contribution < 1.29 is 44.6 Å². The normalized spacial score (nSPS) is 27.3. The Hall–Kier alpha value is -2.16. The van der Waals surface area contributed by atoms with Crippen LogP contribution in [0.1, 0.15) is 117 Å². The molecular formula is C32H50N2O10S2. The van der Waals surface area contributed by atoms with Crippen molar-refractivity contribution in [2.24, 2.45) is 35.5 Å². The maximum absolute atomic E-state index is 13.4. The van der Waals surface area contributed by atoms with Gasteiger partial charge in [-0.1, -0.05) is 116 Å². The minimum absolute atomic E-state index is 0.293. The molecule has 0 aromatic rings. The Morgan fingerprint density at radius 1 is 0.478 bits per heavy atom. The summed E-state index contributed by atoms with van der Waals surface area (Å²) in [5.41, 5.74) is 0. The third-order valence-corrected chi connectivity index (χ3v) is 12.1. The van der Waals surface area contributed by atoms with Gasteiger partial charge < -0.3 is 0 Å². The van der Waals surface area contributed by atoms with Crippen LogP contribution in [0.5, 0.6) is 0 Å². The molecule has 1 saturated carbocycles. The Morgan fingerprint density at radius 2 is 0.739 bits per heavy atom. The van der Waals surface area contributed by atoms with Gasteiger partial charge in [0.25, 0.3) is 43.9 Å². The number of allylic oxidation sites excluding steroid dienone is 2. The van der Waals surface area contributed by atoms with E-state index in [1.165, 1.54) is 12.8 Å². The third-order valence-electron chi connectivity index (χ3n) is 9.80. The van der Waals surface area contributed by atoms with Crippen molar-refractivity contribution >= 4 is 43.9 Å². The Labute approximate surface area is 273 Å². The molecule has 14 heteroatoms. The third kappa shape index (κ3) is 8.46. The van der Waals surface area contributed by atoms with E-state index in [1.807, 2.05) is 0 Å². The summed E-state index contributed by atoms with van der Waals surface area (Å²) in [6.07, 6.45) is 18.1. The van der Waals surface area contributed by atoms with E-state index in [2.05, 4.69) is 13.8 Å². The second kappa shape index (κ2) is 16.3. The van der Waals surface area contributed by atoms with E-state index in [4.69, 9.17) is 8.57 Å². The summed E-state index contributed by atoms with van der Waals surface area (Å²) < 4.78 is 60.9. The summed E-state index contributed by atoms with van der Waals surface area (Å²) in [5, 5.41) is 0.585. The number of hydroxylamine groups is 4. The molecule has 2 saturated heterocycles. The lowest BCUT2D eigenvalue weighted by atomic mass is 9.54. The van der Waals surface area contributed by atoms with Crippen LogP contribution in [0.4, 0.5) is 0 Å². The molecule has 2 aliphatic heterocycles. The quantitative estimate of drug-likeness (QED) is 0.0878. The second-order valence-corrected chi connectivity index (χ2v) is 16.6. The van der Waals surface area contributed by atoms with Crippen molar-refractivity contribution in [3.8, 4) is 0 Å². The summed E-state index contributed by atoms with van der Waals surface area (Å²) in [6, 6.07) is 0. The lowest BCUT2D eigenvalue weighted by Crippen LogP contribution is -2.50. The van der Waals surface area contributed by atoms with Gasteiger partial charge in [0, 0.05) is 11.8 Å². The Kier molecular flexibility index (Phi) is 13.0. The van der Waals surface area contributed by atoms with Crippen LogP contribution < -0.4 is 0 Å². The fourth-order valence-corrected chi connectivity index (χ4v) is 9.46. The number of carbonyl (C=O) groups excluding carboxylic acids is 4. The minimum Gasteiger partial charge on any atom is -0.272 e. The highest BCUT2D eigenvalue weighted by Gasteiger charge is 2.70. The average molecular weight is 687 g/mol. The number of imide groups is 2. The lowest BCUT2D eigenvalue weighted by Gasteiger charge is -2.44. The molecular weight excluding hydrogens is 636 g/mol. The van der Waals surface area contributed by atoms with E-state index in [9.17, 15) is 36.0 Å². The molecule has 0 aromatic carbocycles. The van der Waals surface area contributed by atoms with Crippen molar-refractivity contribution in [3.05, 3.63) is 12.2 Å². The maximum Gasteiger partial charge on any atom is 0.288 e. The van der Waals surface area contributed by atoms with E-state index in [0.717, 1.165) is 64.2 Å². The summed E-state index contributed by atoms with van der Waals surface area (Å²) in [5.74, 6) is -10.5. The Morgan fingerprint density at radius 3 is 1.02 bits per heavy atom. The van der Waals surface area contributed by atoms with Gasteiger partial charge in [-0.25, -0.2) is 0 Å². The molecule has 5 aliphatic rings. The van der Waals surface area contributed by atoms with Crippen LogP contribution in [0.3, 0.4) is 0 Å². The largest absolute Gasteiger partial charge is 0.288 e. The minimum atomic E-state index is -4.24. The number of hydrogen-bond acceptors (Lipinski definition) is 10. The predicted molar refractivity (Wildman–Crippen MR) is 169 cm³/mol. The highest BCUT2D eigenvalue weighted by molar-refractivity contribution is 7.86. The summed E-state index contributed by atoms with van der Waals surface area (Å²) >= 11 is 0. The predicted octanol–water partition coefficient (Wildman–Crippen LogP) is 4.81. The van der Waals surface area contributed by atoms with Crippen LogP contribution >= 0.6 is 0 Å². The van der Waals surface area contributed by atoms with Crippen LogP contribution in [-0.2, 0) is 48.0 Å². The monoisotopic (exact) mass is 686 g/mol. The smallest absolute Gasteiger partial charge is 0.272 e. The van der Waals surface area contributed by atoms with Crippen molar-refractivity contribution in [2.75, 3.05) is 11.5 Å². The molecule has 12 nitrogen and oxygen atoms in total. The molecule has 46 heavy (non-hydrogen) atoms. The summed E-state index contributed by atoms with van der Waals surface area (Å²) in [7, 11) is -8.48. The van der Waals surface area contributed by atoms with E-state index < -0.39 is 79.4 Å². The highest BCUT2D eigenvalue weighted by atomic mass is 32.2.